The van der Waals surface area contributed by atoms with E-state index in [2.05, 4.69) is 9.88 Å². The Labute approximate surface area is 197 Å². The van der Waals surface area contributed by atoms with Gasteiger partial charge in [-0.1, -0.05) is 17.7 Å². The number of hydrogen-bond donors (Lipinski definition) is 0. The number of hydrogen-bond acceptors (Lipinski definition) is 6. The SMILES string of the molecule is CCOCCCO/C=C/C=C(\C)N(C(=O)C1CN(Cc2cccnc2Cl)CCO1)C(C)C. The van der Waals surface area contributed by atoms with Gasteiger partial charge in [-0.3, -0.25) is 9.69 Å². The van der Waals surface area contributed by atoms with Crippen molar-refractivity contribution in [3.63, 3.8) is 0 Å². The summed E-state index contributed by atoms with van der Waals surface area (Å²) >= 11 is 6.20. The second-order valence-corrected chi connectivity index (χ2v) is 8.27. The quantitative estimate of drug-likeness (QED) is 0.201. The fourth-order valence-corrected chi connectivity index (χ4v) is 3.71. The Hall–Kier alpha value is -1.93. The van der Waals surface area contributed by atoms with Gasteiger partial charge in [0.25, 0.3) is 5.91 Å². The van der Waals surface area contributed by atoms with Gasteiger partial charge in [-0.25, -0.2) is 4.98 Å². The van der Waals surface area contributed by atoms with Crippen molar-refractivity contribution >= 4 is 17.5 Å². The van der Waals surface area contributed by atoms with E-state index in [1.807, 2.05) is 52.0 Å². The summed E-state index contributed by atoms with van der Waals surface area (Å²) in [5.74, 6) is -0.0400. The van der Waals surface area contributed by atoms with E-state index in [0.29, 0.717) is 38.1 Å². The van der Waals surface area contributed by atoms with Crippen LogP contribution >= 0.6 is 11.6 Å². The largest absolute Gasteiger partial charge is 0.501 e. The zero-order valence-electron chi connectivity index (χ0n) is 19.6. The summed E-state index contributed by atoms with van der Waals surface area (Å²) in [7, 11) is 0. The van der Waals surface area contributed by atoms with Gasteiger partial charge in [0.2, 0.25) is 0 Å². The van der Waals surface area contributed by atoms with Crippen molar-refractivity contribution in [3.05, 3.63) is 53.2 Å². The number of nitrogens with zero attached hydrogens (tertiary/aromatic N) is 3. The van der Waals surface area contributed by atoms with Crippen LogP contribution < -0.4 is 0 Å². The number of allylic oxidation sites excluding steroid dienone is 3. The molecule has 1 fully saturated rings. The first-order chi connectivity index (χ1) is 15.4. The lowest BCUT2D eigenvalue weighted by atomic mass is 10.1. The molecule has 1 amide bonds. The third-order valence-electron chi connectivity index (χ3n) is 5.06. The Morgan fingerprint density at radius 3 is 2.97 bits per heavy atom. The molecule has 178 valence electrons. The van der Waals surface area contributed by atoms with Gasteiger partial charge in [-0.05, 0) is 45.9 Å². The number of amides is 1. The Kier molecular flexibility index (Phi) is 11.7. The van der Waals surface area contributed by atoms with Crippen molar-refractivity contribution in [1.82, 2.24) is 14.8 Å². The Morgan fingerprint density at radius 2 is 2.25 bits per heavy atom. The molecule has 0 saturated carbocycles. The highest BCUT2D eigenvalue weighted by Gasteiger charge is 2.32. The summed E-state index contributed by atoms with van der Waals surface area (Å²) in [6.45, 7) is 12.3. The molecule has 8 heteroatoms. The molecule has 1 unspecified atom stereocenters. The summed E-state index contributed by atoms with van der Waals surface area (Å²) < 4.78 is 16.6. The molecule has 0 aliphatic carbocycles. The van der Waals surface area contributed by atoms with Crippen molar-refractivity contribution in [2.75, 3.05) is 39.5 Å². The maximum atomic E-state index is 13.3. The number of carbonyl (C=O) groups is 1. The molecule has 1 aliphatic rings. The van der Waals surface area contributed by atoms with Gasteiger partial charge in [0.15, 0.2) is 0 Å². The van der Waals surface area contributed by atoms with E-state index in [1.54, 1.807) is 17.4 Å². The van der Waals surface area contributed by atoms with E-state index in [-0.39, 0.29) is 11.9 Å². The Morgan fingerprint density at radius 1 is 1.44 bits per heavy atom. The summed E-state index contributed by atoms with van der Waals surface area (Å²) in [6.07, 6.45) is 7.34. The van der Waals surface area contributed by atoms with Crippen LogP contribution in [0.25, 0.3) is 0 Å². The first kappa shape index (κ1) is 26.3. The van der Waals surface area contributed by atoms with E-state index >= 15 is 0 Å². The fraction of sp³-hybridized carbons (Fsp3) is 0.583. The smallest absolute Gasteiger partial charge is 0.257 e. The average Bonchev–Trinajstić information content (AvgIpc) is 2.77. The summed E-state index contributed by atoms with van der Waals surface area (Å²) in [5.41, 5.74) is 1.79. The molecule has 0 N–H and O–H groups in total. The van der Waals surface area contributed by atoms with Crippen LogP contribution in [0.4, 0.5) is 0 Å². The fourth-order valence-electron chi connectivity index (χ4n) is 3.54. The molecule has 1 aromatic heterocycles. The topological polar surface area (TPSA) is 64.1 Å². The van der Waals surface area contributed by atoms with Gasteiger partial charge in [0.1, 0.15) is 11.3 Å². The standard InChI is InChI=1S/C24H36ClN3O4/c1-5-30-14-8-15-31-13-7-9-20(4)28(19(2)3)24(29)22-18-27(12-16-32-22)17-21-10-6-11-26-23(21)25/h6-7,9-11,13,19,22H,5,8,12,14-18H2,1-4H3/b13-7+,20-9+. The van der Waals surface area contributed by atoms with Gasteiger partial charge >= 0.3 is 0 Å². The van der Waals surface area contributed by atoms with E-state index in [0.717, 1.165) is 30.8 Å². The first-order valence-electron chi connectivity index (χ1n) is 11.2. The predicted octanol–water partition coefficient (Wildman–Crippen LogP) is 4.03. The number of morpholine rings is 1. The first-order valence-corrected chi connectivity index (χ1v) is 11.6. The lowest BCUT2D eigenvalue weighted by molar-refractivity contribution is -0.149. The van der Waals surface area contributed by atoms with E-state index in [4.69, 9.17) is 25.8 Å². The van der Waals surface area contributed by atoms with Crippen LogP contribution in [0.15, 0.2) is 42.4 Å². The molecule has 2 heterocycles. The van der Waals surface area contributed by atoms with Crippen LogP contribution in [-0.4, -0.2) is 72.4 Å². The molecule has 0 aromatic carbocycles. The predicted molar refractivity (Wildman–Crippen MR) is 126 cm³/mol. The van der Waals surface area contributed by atoms with E-state index in [9.17, 15) is 4.79 Å². The van der Waals surface area contributed by atoms with Crippen molar-refractivity contribution in [1.29, 1.82) is 0 Å². The minimum Gasteiger partial charge on any atom is -0.501 e. The minimum atomic E-state index is -0.524. The van der Waals surface area contributed by atoms with Crippen LogP contribution in [0.3, 0.4) is 0 Å². The molecular weight excluding hydrogens is 430 g/mol. The van der Waals surface area contributed by atoms with Crippen molar-refractivity contribution in [3.8, 4) is 0 Å². The van der Waals surface area contributed by atoms with Gasteiger partial charge in [0, 0.05) is 62.8 Å². The van der Waals surface area contributed by atoms with Crippen molar-refractivity contribution in [2.24, 2.45) is 0 Å². The molecule has 1 aliphatic heterocycles. The van der Waals surface area contributed by atoms with Crippen LogP contribution in [0, 0.1) is 0 Å². The van der Waals surface area contributed by atoms with Gasteiger partial charge in [-0.15, -0.1) is 0 Å². The molecule has 32 heavy (non-hydrogen) atoms. The third-order valence-corrected chi connectivity index (χ3v) is 5.40. The molecule has 1 aromatic rings. The van der Waals surface area contributed by atoms with Crippen LogP contribution in [0.2, 0.25) is 5.15 Å². The summed E-state index contributed by atoms with van der Waals surface area (Å²) in [5, 5.41) is 0.497. The molecule has 0 bridgehead atoms. The normalized spacial score (nSPS) is 17.8. The maximum absolute atomic E-state index is 13.3. The van der Waals surface area contributed by atoms with Crippen LogP contribution in [-0.2, 0) is 25.5 Å². The highest BCUT2D eigenvalue weighted by Crippen LogP contribution is 2.19. The third kappa shape index (κ3) is 8.54. The number of halogens is 1. The van der Waals surface area contributed by atoms with Gasteiger partial charge in [-0.2, -0.15) is 0 Å². The highest BCUT2D eigenvalue weighted by atomic mass is 35.5. The number of carbonyl (C=O) groups excluding carboxylic acids is 1. The molecule has 1 saturated heterocycles. The summed E-state index contributed by atoms with van der Waals surface area (Å²) in [4.78, 5) is 21.4. The van der Waals surface area contributed by atoms with Crippen LogP contribution in [0.1, 0.15) is 39.7 Å². The maximum Gasteiger partial charge on any atom is 0.257 e. The van der Waals surface area contributed by atoms with E-state index < -0.39 is 6.10 Å². The van der Waals surface area contributed by atoms with Crippen molar-refractivity contribution < 1.29 is 19.0 Å². The molecule has 2 rings (SSSR count). The lowest BCUT2D eigenvalue weighted by Gasteiger charge is -2.36. The summed E-state index contributed by atoms with van der Waals surface area (Å²) in [6, 6.07) is 3.83. The average molecular weight is 466 g/mol. The molecule has 0 spiro atoms. The van der Waals surface area contributed by atoms with E-state index in [1.165, 1.54) is 0 Å². The lowest BCUT2D eigenvalue weighted by Crippen LogP contribution is -2.51. The zero-order chi connectivity index (χ0) is 23.3. The van der Waals surface area contributed by atoms with Gasteiger partial charge < -0.3 is 19.1 Å². The second kappa shape index (κ2) is 14.3. The molecule has 7 nitrogen and oxygen atoms in total. The Bertz CT molecular complexity index is 769. The molecule has 0 radical (unpaired) electrons. The number of pyridine rings is 1. The minimum absolute atomic E-state index is 0.00556. The number of ether oxygens (including phenoxy) is 3. The highest BCUT2D eigenvalue weighted by molar-refractivity contribution is 6.30. The second-order valence-electron chi connectivity index (χ2n) is 7.91. The van der Waals surface area contributed by atoms with Crippen molar-refractivity contribution in [2.45, 2.75) is 52.8 Å². The number of rotatable bonds is 12. The zero-order valence-corrected chi connectivity index (χ0v) is 20.4. The molecule has 1 atom stereocenters. The van der Waals surface area contributed by atoms with Crippen LogP contribution in [0.5, 0.6) is 0 Å². The Balaban J connectivity index is 1.93. The molecular formula is C24H36ClN3O4. The monoisotopic (exact) mass is 465 g/mol. The van der Waals surface area contributed by atoms with Gasteiger partial charge in [0.05, 0.1) is 19.5 Å². The number of aromatic nitrogens is 1.